The summed E-state index contributed by atoms with van der Waals surface area (Å²) in [6.45, 7) is 0.352. The number of benzene rings is 3. The summed E-state index contributed by atoms with van der Waals surface area (Å²) in [5.41, 5.74) is 1.50. The predicted octanol–water partition coefficient (Wildman–Crippen LogP) is 4.66. The number of rotatable bonds is 5. The van der Waals surface area contributed by atoms with E-state index in [1.807, 2.05) is 30.3 Å². The van der Waals surface area contributed by atoms with Crippen LogP contribution in [0.1, 0.15) is 15.9 Å². The van der Waals surface area contributed by atoms with E-state index in [2.05, 4.69) is 5.32 Å². The van der Waals surface area contributed by atoms with Crippen molar-refractivity contribution in [2.24, 2.45) is 0 Å². The second kappa shape index (κ2) is 7.42. The fraction of sp³-hybridized carbons (Fsp3) is 0.0500. The third kappa shape index (κ3) is 3.79. The normalized spacial score (nSPS) is 10.2. The quantitative estimate of drug-likeness (QED) is 0.742. The summed E-state index contributed by atoms with van der Waals surface area (Å²) in [4.78, 5) is 12.4. The number of hydrogen-bond acceptors (Lipinski definition) is 2. The fourth-order valence-corrected chi connectivity index (χ4v) is 2.27. The highest BCUT2D eigenvalue weighted by molar-refractivity contribution is 6.06. The summed E-state index contributed by atoms with van der Waals surface area (Å²) in [5.74, 6) is -0.438. The number of ether oxygens (including phenoxy) is 1. The van der Waals surface area contributed by atoms with Crippen LogP contribution in [0.25, 0.3) is 0 Å². The van der Waals surface area contributed by atoms with E-state index in [9.17, 15) is 9.18 Å². The molecular formula is C20H16FNO2. The molecule has 0 saturated carbocycles. The zero-order valence-corrected chi connectivity index (χ0v) is 12.9. The molecule has 0 saturated heterocycles. The lowest BCUT2D eigenvalue weighted by atomic mass is 10.1. The van der Waals surface area contributed by atoms with Crippen LogP contribution in [-0.4, -0.2) is 5.91 Å². The lowest BCUT2D eigenvalue weighted by molar-refractivity contribution is 0.102. The Kier molecular flexibility index (Phi) is 4.87. The average Bonchev–Trinajstić information content (AvgIpc) is 2.63. The molecule has 3 nitrogen and oxygen atoms in total. The van der Waals surface area contributed by atoms with E-state index in [1.54, 1.807) is 36.4 Å². The van der Waals surface area contributed by atoms with E-state index in [4.69, 9.17) is 4.74 Å². The summed E-state index contributed by atoms with van der Waals surface area (Å²) in [6, 6.07) is 22.6. The number of carbonyl (C=O) groups excluding carboxylic acids is 1. The lowest BCUT2D eigenvalue weighted by Crippen LogP contribution is -2.14. The number of amides is 1. The molecule has 1 N–H and O–H groups in total. The fourth-order valence-electron chi connectivity index (χ4n) is 2.27. The van der Waals surface area contributed by atoms with Gasteiger partial charge in [-0.25, -0.2) is 4.39 Å². The van der Waals surface area contributed by atoms with Crippen LogP contribution >= 0.6 is 0 Å². The van der Waals surface area contributed by atoms with Gasteiger partial charge in [-0.15, -0.1) is 0 Å². The highest BCUT2D eigenvalue weighted by atomic mass is 19.1. The Labute approximate surface area is 139 Å². The zero-order chi connectivity index (χ0) is 16.8. The molecule has 0 atom stereocenters. The van der Waals surface area contributed by atoms with E-state index in [-0.39, 0.29) is 5.69 Å². The maximum absolute atomic E-state index is 13.7. The van der Waals surface area contributed by atoms with Crippen LogP contribution in [0.3, 0.4) is 0 Å². The number of carbonyl (C=O) groups is 1. The van der Waals surface area contributed by atoms with Crippen molar-refractivity contribution in [3.05, 3.63) is 95.8 Å². The van der Waals surface area contributed by atoms with Gasteiger partial charge in [-0.3, -0.25) is 4.79 Å². The minimum atomic E-state index is -0.478. The minimum absolute atomic E-state index is 0.139. The predicted molar refractivity (Wildman–Crippen MR) is 91.6 cm³/mol. The first-order chi connectivity index (χ1) is 11.7. The summed E-state index contributed by atoms with van der Waals surface area (Å²) < 4.78 is 19.4. The molecule has 0 spiro atoms. The Hall–Kier alpha value is -3.14. The van der Waals surface area contributed by atoms with Gasteiger partial charge in [0.15, 0.2) is 0 Å². The smallest absolute Gasteiger partial charge is 0.259 e. The topological polar surface area (TPSA) is 38.3 Å². The van der Waals surface area contributed by atoms with Crippen LogP contribution in [0.15, 0.2) is 78.9 Å². The molecule has 0 radical (unpaired) electrons. The van der Waals surface area contributed by atoms with Gasteiger partial charge in [-0.2, -0.15) is 0 Å². The van der Waals surface area contributed by atoms with E-state index in [0.29, 0.717) is 17.9 Å². The summed E-state index contributed by atoms with van der Waals surface area (Å²) in [6.07, 6.45) is 0. The van der Waals surface area contributed by atoms with Crippen LogP contribution in [-0.2, 0) is 6.61 Å². The maximum atomic E-state index is 13.7. The average molecular weight is 321 g/mol. The van der Waals surface area contributed by atoms with Crippen molar-refractivity contribution >= 4 is 11.6 Å². The highest BCUT2D eigenvalue weighted by Gasteiger charge is 2.14. The first kappa shape index (κ1) is 15.7. The number of halogens is 1. The van der Waals surface area contributed by atoms with Crippen LogP contribution in [0, 0.1) is 5.82 Å². The van der Waals surface area contributed by atoms with Crippen LogP contribution in [0.4, 0.5) is 10.1 Å². The van der Waals surface area contributed by atoms with Crippen LogP contribution in [0.2, 0.25) is 0 Å². The third-order valence-corrected chi connectivity index (χ3v) is 3.49. The third-order valence-electron chi connectivity index (χ3n) is 3.49. The second-order valence-electron chi connectivity index (χ2n) is 5.20. The van der Waals surface area contributed by atoms with Gasteiger partial charge in [0.1, 0.15) is 18.2 Å². The molecule has 0 aliphatic rings. The largest absolute Gasteiger partial charge is 0.488 e. The monoisotopic (exact) mass is 321 g/mol. The SMILES string of the molecule is O=C(Nc1ccccc1F)c1ccccc1OCc1ccccc1. The van der Waals surface area contributed by atoms with Gasteiger partial charge in [0.25, 0.3) is 5.91 Å². The molecule has 0 unspecified atom stereocenters. The molecule has 0 heterocycles. The van der Waals surface area contributed by atoms with Crippen molar-refractivity contribution in [1.29, 1.82) is 0 Å². The van der Waals surface area contributed by atoms with Crippen LogP contribution in [0.5, 0.6) is 5.75 Å². The Morgan fingerprint density at radius 1 is 0.875 bits per heavy atom. The molecule has 120 valence electrons. The number of nitrogens with one attached hydrogen (secondary N) is 1. The number of hydrogen-bond donors (Lipinski definition) is 1. The van der Waals surface area contributed by atoms with E-state index in [1.165, 1.54) is 12.1 Å². The second-order valence-corrected chi connectivity index (χ2v) is 5.20. The zero-order valence-electron chi connectivity index (χ0n) is 12.9. The highest BCUT2D eigenvalue weighted by Crippen LogP contribution is 2.22. The molecule has 0 aliphatic carbocycles. The number of para-hydroxylation sites is 2. The Bertz CT molecular complexity index is 834. The first-order valence-electron chi connectivity index (χ1n) is 7.55. The molecule has 24 heavy (non-hydrogen) atoms. The Morgan fingerprint density at radius 3 is 2.33 bits per heavy atom. The van der Waals surface area contributed by atoms with Gasteiger partial charge in [0.05, 0.1) is 11.3 Å². The van der Waals surface area contributed by atoms with Crippen LogP contribution < -0.4 is 10.1 Å². The molecule has 4 heteroatoms. The molecule has 3 aromatic carbocycles. The molecule has 3 rings (SSSR count). The van der Waals surface area contributed by atoms with Crippen molar-refractivity contribution in [2.45, 2.75) is 6.61 Å². The molecule has 1 amide bonds. The molecule has 0 bridgehead atoms. The van der Waals surface area contributed by atoms with Gasteiger partial charge < -0.3 is 10.1 Å². The Balaban J connectivity index is 1.76. The Morgan fingerprint density at radius 2 is 1.54 bits per heavy atom. The molecule has 3 aromatic rings. The molecule has 0 aliphatic heterocycles. The van der Waals surface area contributed by atoms with Gasteiger partial charge >= 0.3 is 0 Å². The lowest BCUT2D eigenvalue weighted by Gasteiger charge is -2.12. The van der Waals surface area contributed by atoms with Gasteiger partial charge in [-0.05, 0) is 29.8 Å². The van der Waals surface area contributed by atoms with Gasteiger partial charge in [0, 0.05) is 0 Å². The van der Waals surface area contributed by atoms with Crippen molar-refractivity contribution in [3.63, 3.8) is 0 Å². The van der Waals surface area contributed by atoms with Crippen molar-refractivity contribution < 1.29 is 13.9 Å². The van der Waals surface area contributed by atoms with E-state index < -0.39 is 11.7 Å². The summed E-state index contributed by atoms with van der Waals surface area (Å²) >= 11 is 0. The number of anilines is 1. The summed E-state index contributed by atoms with van der Waals surface area (Å²) in [7, 11) is 0. The molecule has 0 fully saturated rings. The van der Waals surface area contributed by atoms with E-state index in [0.717, 1.165) is 5.56 Å². The van der Waals surface area contributed by atoms with Gasteiger partial charge in [0.2, 0.25) is 0 Å². The maximum Gasteiger partial charge on any atom is 0.259 e. The minimum Gasteiger partial charge on any atom is -0.488 e. The van der Waals surface area contributed by atoms with E-state index >= 15 is 0 Å². The molecule has 0 aromatic heterocycles. The first-order valence-corrected chi connectivity index (χ1v) is 7.55. The summed E-state index contributed by atoms with van der Waals surface area (Å²) in [5, 5.41) is 2.57. The molecular weight excluding hydrogens is 305 g/mol. The van der Waals surface area contributed by atoms with Crippen molar-refractivity contribution in [1.82, 2.24) is 0 Å². The van der Waals surface area contributed by atoms with Crippen molar-refractivity contribution in [2.75, 3.05) is 5.32 Å². The van der Waals surface area contributed by atoms with Crippen molar-refractivity contribution in [3.8, 4) is 5.75 Å². The van der Waals surface area contributed by atoms with Gasteiger partial charge in [-0.1, -0.05) is 54.6 Å². The standard InChI is InChI=1S/C20H16FNO2/c21-17-11-5-6-12-18(17)22-20(23)16-10-4-7-13-19(16)24-14-15-8-2-1-3-9-15/h1-13H,14H2,(H,22,23).